The second kappa shape index (κ2) is 10.7. The maximum absolute atomic E-state index is 11.9. The van der Waals surface area contributed by atoms with Crippen LogP contribution in [0.15, 0.2) is 48.5 Å². The van der Waals surface area contributed by atoms with Crippen molar-refractivity contribution in [3.8, 4) is 34.3 Å². The molecule has 0 saturated heterocycles. The van der Waals surface area contributed by atoms with E-state index >= 15 is 0 Å². The summed E-state index contributed by atoms with van der Waals surface area (Å²) in [6, 6.07) is 14.6. The van der Waals surface area contributed by atoms with Gasteiger partial charge >= 0.3 is 5.97 Å². The van der Waals surface area contributed by atoms with Crippen molar-refractivity contribution in [3.63, 3.8) is 0 Å². The molecule has 0 aliphatic rings. The van der Waals surface area contributed by atoms with E-state index < -0.39 is 5.97 Å². The summed E-state index contributed by atoms with van der Waals surface area (Å²) in [5.41, 5.74) is 3.06. The molecule has 33 heavy (non-hydrogen) atoms. The first-order valence-corrected chi connectivity index (χ1v) is 10.7. The highest BCUT2D eigenvalue weighted by Gasteiger charge is 2.17. The lowest BCUT2D eigenvalue weighted by molar-refractivity contribution is 0.0695. The van der Waals surface area contributed by atoms with E-state index in [1.165, 1.54) is 0 Å². The number of carboxylic acids is 1. The van der Waals surface area contributed by atoms with Crippen molar-refractivity contribution in [1.29, 1.82) is 0 Å². The summed E-state index contributed by atoms with van der Waals surface area (Å²) >= 11 is 0. The summed E-state index contributed by atoms with van der Waals surface area (Å²) in [6.07, 6.45) is 0.961. The van der Waals surface area contributed by atoms with E-state index in [-0.39, 0.29) is 11.7 Å². The second-order valence-corrected chi connectivity index (χ2v) is 7.69. The van der Waals surface area contributed by atoms with E-state index in [0.29, 0.717) is 47.2 Å². The standard InChI is InChI=1S/C26H29NO6/c1-16(2)33-22-9-7-6-8-18(22)20-13-11-19(26(28)29)21(27-20)12-10-17-14-23(30-3)25(32-5)24(15-17)31-4/h6-9,11,13-16H,10,12H2,1-5H3,(H,28,29). The van der Waals surface area contributed by atoms with Gasteiger partial charge in [0.15, 0.2) is 11.5 Å². The van der Waals surface area contributed by atoms with Crippen LogP contribution in [0.4, 0.5) is 0 Å². The number of rotatable bonds is 10. The average Bonchev–Trinajstić information content (AvgIpc) is 2.81. The Morgan fingerprint density at radius 3 is 2.15 bits per heavy atom. The van der Waals surface area contributed by atoms with Crippen LogP contribution >= 0.6 is 0 Å². The lowest BCUT2D eigenvalue weighted by Gasteiger charge is -2.16. The number of aromatic nitrogens is 1. The number of benzene rings is 2. The third-order valence-corrected chi connectivity index (χ3v) is 5.11. The Hall–Kier alpha value is -3.74. The van der Waals surface area contributed by atoms with Crippen molar-refractivity contribution in [2.75, 3.05) is 21.3 Å². The zero-order chi connectivity index (χ0) is 24.0. The van der Waals surface area contributed by atoms with Gasteiger partial charge in [-0.25, -0.2) is 4.79 Å². The molecule has 7 heteroatoms. The molecule has 0 unspecified atom stereocenters. The van der Waals surface area contributed by atoms with Crippen molar-refractivity contribution < 1.29 is 28.8 Å². The lowest BCUT2D eigenvalue weighted by atomic mass is 10.0. The van der Waals surface area contributed by atoms with Gasteiger partial charge in [0.25, 0.3) is 0 Å². The average molecular weight is 452 g/mol. The first kappa shape index (κ1) is 23.9. The summed E-state index contributed by atoms with van der Waals surface area (Å²) in [5, 5.41) is 9.71. The number of para-hydroxylation sites is 1. The molecule has 1 heterocycles. The van der Waals surface area contributed by atoms with Crippen LogP contribution < -0.4 is 18.9 Å². The Morgan fingerprint density at radius 2 is 1.58 bits per heavy atom. The van der Waals surface area contributed by atoms with Crippen molar-refractivity contribution in [1.82, 2.24) is 4.98 Å². The Kier molecular flexibility index (Phi) is 7.77. The molecule has 174 valence electrons. The molecule has 0 aliphatic carbocycles. The highest BCUT2D eigenvalue weighted by molar-refractivity contribution is 5.89. The molecule has 0 spiro atoms. The Morgan fingerprint density at radius 1 is 0.909 bits per heavy atom. The predicted octanol–water partition coefficient (Wildman–Crippen LogP) is 5.05. The molecule has 7 nitrogen and oxygen atoms in total. The summed E-state index contributed by atoms with van der Waals surface area (Å²) in [5.74, 6) is 1.30. The lowest BCUT2D eigenvalue weighted by Crippen LogP contribution is -2.09. The minimum atomic E-state index is -1.01. The molecular weight excluding hydrogens is 422 g/mol. The van der Waals surface area contributed by atoms with Gasteiger partial charge in [-0.1, -0.05) is 12.1 Å². The largest absolute Gasteiger partial charge is 0.493 e. The summed E-state index contributed by atoms with van der Waals surface area (Å²) in [6.45, 7) is 3.92. The molecule has 3 rings (SSSR count). The van der Waals surface area contributed by atoms with Crippen LogP contribution in [0.2, 0.25) is 0 Å². The molecule has 0 atom stereocenters. The van der Waals surface area contributed by atoms with Gasteiger partial charge in [0, 0.05) is 5.56 Å². The first-order valence-electron chi connectivity index (χ1n) is 10.7. The van der Waals surface area contributed by atoms with Gasteiger partial charge in [-0.15, -0.1) is 0 Å². The summed E-state index contributed by atoms with van der Waals surface area (Å²) in [4.78, 5) is 16.6. The minimum absolute atomic E-state index is 0.00365. The fourth-order valence-corrected chi connectivity index (χ4v) is 3.61. The maximum Gasteiger partial charge on any atom is 0.337 e. The Balaban J connectivity index is 1.96. The zero-order valence-electron chi connectivity index (χ0n) is 19.5. The topological polar surface area (TPSA) is 87.1 Å². The molecule has 1 N–H and O–H groups in total. The molecular formula is C26H29NO6. The molecule has 0 fully saturated rings. The first-order chi connectivity index (χ1) is 15.9. The van der Waals surface area contributed by atoms with Gasteiger partial charge in [0.1, 0.15) is 5.75 Å². The van der Waals surface area contributed by atoms with Crippen molar-refractivity contribution in [2.45, 2.75) is 32.8 Å². The number of hydrogen-bond acceptors (Lipinski definition) is 6. The van der Waals surface area contributed by atoms with Crippen molar-refractivity contribution in [2.24, 2.45) is 0 Å². The number of methoxy groups -OCH3 is 3. The van der Waals surface area contributed by atoms with E-state index in [9.17, 15) is 9.90 Å². The second-order valence-electron chi connectivity index (χ2n) is 7.69. The monoisotopic (exact) mass is 451 g/mol. The van der Waals surface area contributed by atoms with Crippen molar-refractivity contribution in [3.05, 3.63) is 65.4 Å². The number of pyridine rings is 1. The maximum atomic E-state index is 11.9. The molecule has 2 aromatic carbocycles. The van der Waals surface area contributed by atoms with Crippen LogP contribution in [-0.2, 0) is 12.8 Å². The summed E-state index contributed by atoms with van der Waals surface area (Å²) in [7, 11) is 4.67. The molecule has 0 amide bonds. The van der Waals surface area contributed by atoms with Crippen LogP contribution in [0, 0.1) is 0 Å². The van der Waals surface area contributed by atoms with Crippen LogP contribution in [0.5, 0.6) is 23.0 Å². The van der Waals surface area contributed by atoms with Gasteiger partial charge < -0.3 is 24.1 Å². The van der Waals surface area contributed by atoms with Crippen LogP contribution in [0.1, 0.15) is 35.5 Å². The number of ether oxygens (including phenoxy) is 4. The molecule has 1 aromatic heterocycles. The van der Waals surface area contributed by atoms with Crippen LogP contribution in [0.25, 0.3) is 11.3 Å². The minimum Gasteiger partial charge on any atom is -0.493 e. The SMILES string of the molecule is COc1cc(CCc2nc(-c3ccccc3OC(C)C)ccc2C(=O)O)cc(OC)c1OC. The van der Waals surface area contributed by atoms with Crippen molar-refractivity contribution >= 4 is 5.97 Å². The molecule has 0 aliphatic heterocycles. The quantitative estimate of drug-likeness (QED) is 0.462. The molecule has 0 saturated carbocycles. The molecule has 0 radical (unpaired) electrons. The van der Waals surface area contributed by atoms with Gasteiger partial charge in [-0.3, -0.25) is 4.98 Å². The van der Waals surface area contributed by atoms with Gasteiger partial charge in [-0.2, -0.15) is 0 Å². The Labute approximate surface area is 193 Å². The third kappa shape index (κ3) is 5.55. The van der Waals surface area contributed by atoms with Gasteiger partial charge in [0.05, 0.1) is 44.4 Å². The number of hydrogen-bond donors (Lipinski definition) is 1. The van der Waals surface area contributed by atoms with Crippen LogP contribution in [-0.4, -0.2) is 43.5 Å². The highest BCUT2D eigenvalue weighted by atomic mass is 16.5. The Bertz CT molecular complexity index is 1100. The van der Waals surface area contributed by atoms with Crippen LogP contribution in [0.3, 0.4) is 0 Å². The fourth-order valence-electron chi connectivity index (χ4n) is 3.61. The number of aryl methyl sites for hydroxylation is 2. The number of aromatic carboxylic acids is 1. The van der Waals surface area contributed by atoms with Gasteiger partial charge in [-0.05, 0) is 68.7 Å². The number of carboxylic acid groups (broad SMARTS) is 1. The molecule has 0 bridgehead atoms. The van der Waals surface area contributed by atoms with E-state index in [1.54, 1.807) is 33.5 Å². The van der Waals surface area contributed by atoms with E-state index in [1.807, 2.05) is 50.2 Å². The smallest absolute Gasteiger partial charge is 0.337 e. The molecule has 3 aromatic rings. The normalized spacial score (nSPS) is 10.7. The number of carbonyl (C=O) groups is 1. The van der Waals surface area contributed by atoms with E-state index in [0.717, 1.165) is 11.1 Å². The van der Waals surface area contributed by atoms with E-state index in [4.69, 9.17) is 23.9 Å². The zero-order valence-corrected chi connectivity index (χ0v) is 19.5. The van der Waals surface area contributed by atoms with E-state index in [2.05, 4.69) is 0 Å². The third-order valence-electron chi connectivity index (χ3n) is 5.11. The highest BCUT2D eigenvalue weighted by Crippen LogP contribution is 2.38. The predicted molar refractivity (Wildman–Crippen MR) is 126 cm³/mol. The fraction of sp³-hybridized carbons (Fsp3) is 0.308. The van der Waals surface area contributed by atoms with Gasteiger partial charge in [0.2, 0.25) is 5.75 Å². The number of nitrogens with zero attached hydrogens (tertiary/aromatic N) is 1. The summed E-state index contributed by atoms with van der Waals surface area (Å²) < 4.78 is 22.2.